The number of allylic oxidation sites excluding steroid dienone is 4. The lowest BCUT2D eigenvalue weighted by molar-refractivity contribution is 0.739. The van der Waals surface area contributed by atoms with E-state index in [0.29, 0.717) is 5.92 Å². The van der Waals surface area contributed by atoms with Crippen LogP contribution in [0.15, 0.2) is 176 Å². The summed E-state index contributed by atoms with van der Waals surface area (Å²) >= 11 is 0. The molecule has 9 aromatic rings. The smallest absolute Gasteiger partial charge is 0.0978 e. The molecule has 3 aromatic heterocycles. The minimum Gasteiger partial charge on any atom is -0.248 e. The molecule has 53 heavy (non-hydrogen) atoms. The topological polar surface area (TPSA) is 38.7 Å². The molecule has 3 heteroatoms. The standard InChI is InChI=1S/C50H35N3/c1-32-11-10-17-38(29-32)45-28-25-41-42(30-39-24-26-44(36-13-4-2-5-14-36)52-49(39)50(41)53-45)34-19-21-35(22-20-34)43-31-47(37-15-6-3-7-16-37)51-46-27-23-33-12-8-9-18-40(33)48(43)46/h2-10,12-32H,11H2,1H3. The van der Waals surface area contributed by atoms with Crippen LogP contribution in [0.2, 0.25) is 0 Å². The fraction of sp³-hybridized carbons (Fsp3) is 0.0600. The van der Waals surface area contributed by atoms with Gasteiger partial charge in [-0.25, -0.2) is 15.0 Å². The van der Waals surface area contributed by atoms with Crippen LogP contribution in [0.1, 0.15) is 19.0 Å². The van der Waals surface area contributed by atoms with Crippen molar-refractivity contribution in [1.29, 1.82) is 0 Å². The Hall–Kier alpha value is -6.71. The Morgan fingerprint density at radius 2 is 1.13 bits per heavy atom. The van der Waals surface area contributed by atoms with Crippen molar-refractivity contribution in [2.45, 2.75) is 13.3 Å². The lowest BCUT2D eigenvalue weighted by Gasteiger charge is -2.16. The zero-order valence-electron chi connectivity index (χ0n) is 29.4. The van der Waals surface area contributed by atoms with E-state index in [1.165, 1.54) is 27.3 Å². The van der Waals surface area contributed by atoms with Crippen LogP contribution in [0.5, 0.6) is 0 Å². The maximum absolute atomic E-state index is 5.36. The molecule has 0 radical (unpaired) electrons. The summed E-state index contributed by atoms with van der Waals surface area (Å²) in [6.07, 6.45) is 7.85. The van der Waals surface area contributed by atoms with E-state index in [9.17, 15) is 0 Å². The molecule has 0 saturated carbocycles. The molecule has 0 aliphatic heterocycles. The van der Waals surface area contributed by atoms with Crippen LogP contribution in [-0.4, -0.2) is 15.0 Å². The zero-order chi connectivity index (χ0) is 35.3. The summed E-state index contributed by atoms with van der Waals surface area (Å²) in [6.45, 7) is 2.26. The first-order valence-corrected chi connectivity index (χ1v) is 18.3. The normalized spacial score (nSPS) is 14.3. The molecule has 3 nitrogen and oxygen atoms in total. The molecular weight excluding hydrogens is 643 g/mol. The molecule has 1 unspecified atom stereocenters. The molecule has 0 fully saturated rings. The van der Waals surface area contributed by atoms with Crippen LogP contribution in [-0.2, 0) is 0 Å². The first kappa shape index (κ1) is 31.1. The summed E-state index contributed by atoms with van der Waals surface area (Å²) < 4.78 is 0. The van der Waals surface area contributed by atoms with E-state index >= 15 is 0 Å². The fourth-order valence-electron chi connectivity index (χ4n) is 7.87. The predicted octanol–water partition coefficient (Wildman–Crippen LogP) is 13.1. The number of aromatic nitrogens is 3. The highest BCUT2D eigenvalue weighted by Crippen LogP contribution is 2.40. The quantitative estimate of drug-likeness (QED) is 0.170. The molecule has 0 saturated heterocycles. The summed E-state index contributed by atoms with van der Waals surface area (Å²) in [5.74, 6) is 0.483. The van der Waals surface area contributed by atoms with Gasteiger partial charge in [0.25, 0.3) is 0 Å². The molecule has 0 amide bonds. The van der Waals surface area contributed by atoms with E-state index in [0.717, 1.165) is 78.6 Å². The number of hydrogen-bond acceptors (Lipinski definition) is 3. The van der Waals surface area contributed by atoms with Gasteiger partial charge in [0.05, 0.1) is 33.6 Å². The van der Waals surface area contributed by atoms with Crippen LogP contribution in [0.25, 0.3) is 93.8 Å². The van der Waals surface area contributed by atoms with Gasteiger partial charge in [-0.05, 0) is 87.3 Å². The highest BCUT2D eigenvalue weighted by Gasteiger charge is 2.17. The van der Waals surface area contributed by atoms with Crippen LogP contribution in [0.4, 0.5) is 0 Å². The highest BCUT2D eigenvalue weighted by molar-refractivity contribution is 6.14. The molecule has 0 N–H and O–H groups in total. The fourth-order valence-corrected chi connectivity index (χ4v) is 7.87. The van der Waals surface area contributed by atoms with Gasteiger partial charge in [0.15, 0.2) is 0 Å². The van der Waals surface area contributed by atoms with Crippen LogP contribution in [0.3, 0.4) is 0 Å². The third-order valence-electron chi connectivity index (χ3n) is 10.5. The van der Waals surface area contributed by atoms with Gasteiger partial charge in [0, 0.05) is 27.3 Å². The summed E-state index contributed by atoms with van der Waals surface area (Å²) in [6, 6.07) is 56.0. The van der Waals surface area contributed by atoms with Crippen molar-refractivity contribution in [1.82, 2.24) is 15.0 Å². The van der Waals surface area contributed by atoms with E-state index in [1.54, 1.807) is 0 Å². The van der Waals surface area contributed by atoms with Crippen molar-refractivity contribution in [3.63, 3.8) is 0 Å². The zero-order valence-corrected chi connectivity index (χ0v) is 29.4. The third kappa shape index (κ3) is 5.58. The number of hydrogen-bond donors (Lipinski definition) is 0. The van der Waals surface area contributed by atoms with Crippen molar-refractivity contribution >= 4 is 49.1 Å². The second-order valence-corrected chi connectivity index (χ2v) is 14.1. The van der Waals surface area contributed by atoms with Crippen LogP contribution in [0, 0.1) is 5.92 Å². The number of nitrogens with zero attached hydrogens (tertiary/aromatic N) is 3. The van der Waals surface area contributed by atoms with Gasteiger partial charge in [0.2, 0.25) is 0 Å². The van der Waals surface area contributed by atoms with Gasteiger partial charge in [-0.1, -0.05) is 146 Å². The Morgan fingerprint density at radius 1 is 0.472 bits per heavy atom. The average molecular weight is 678 g/mol. The minimum atomic E-state index is 0.483. The van der Waals surface area contributed by atoms with Gasteiger partial charge in [-0.15, -0.1) is 0 Å². The van der Waals surface area contributed by atoms with Gasteiger partial charge >= 0.3 is 0 Å². The van der Waals surface area contributed by atoms with Gasteiger partial charge < -0.3 is 0 Å². The van der Waals surface area contributed by atoms with E-state index < -0.39 is 0 Å². The Morgan fingerprint density at radius 3 is 1.91 bits per heavy atom. The second-order valence-electron chi connectivity index (χ2n) is 14.1. The molecular formula is C50H35N3. The molecule has 10 rings (SSSR count). The Labute approximate surface area is 308 Å². The van der Waals surface area contributed by atoms with Crippen molar-refractivity contribution < 1.29 is 0 Å². The molecule has 0 bridgehead atoms. The van der Waals surface area contributed by atoms with Crippen molar-refractivity contribution in [3.05, 3.63) is 182 Å². The number of pyridine rings is 3. The molecule has 6 aromatic carbocycles. The monoisotopic (exact) mass is 677 g/mol. The van der Waals surface area contributed by atoms with E-state index in [4.69, 9.17) is 15.0 Å². The molecule has 0 spiro atoms. The lowest BCUT2D eigenvalue weighted by atomic mass is 9.92. The molecule has 1 atom stereocenters. The van der Waals surface area contributed by atoms with Crippen molar-refractivity contribution in [3.8, 4) is 44.8 Å². The largest absolute Gasteiger partial charge is 0.248 e. The maximum atomic E-state index is 5.36. The minimum absolute atomic E-state index is 0.483. The van der Waals surface area contributed by atoms with Crippen molar-refractivity contribution in [2.24, 2.45) is 5.92 Å². The maximum Gasteiger partial charge on any atom is 0.0978 e. The molecule has 3 heterocycles. The summed E-state index contributed by atoms with van der Waals surface area (Å²) in [5.41, 5.74) is 13.7. The summed E-state index contributed by atoms with van der Waals surface area (Å²) in [4.78, 5) is 15.8. The highest BCUT2D eigenvalue weighted by atomic mass is 14.8. The van der Waals surface area contributed by atoms with E-state index in [1.807, 2.05) is 12.1 Å². The number of fused-ring (bicyclic) bond motifs is 6. The van der Waals surface area contributed by atoms with Crippen LogP contribution < -0.4 is 0 Å². The molecule has 1 aliphatic rings. The van der Waals surface area contributed by atoms with Crippen molar-refractivity contribution in [2.75, 3.05) is 0 Å². The average Bonchev–Trinajstić information content (AvgIpc) is 3.23. The van der Waals surface area contributed by atoms with Gasteiger partial charge in [-0.2, -0.15) is 0 Å². The Kier molecular flexibility index (Phi) is 7.51. The predicted molar refractivity (Wildman–Crippen MR) is 222 cm³/mol. The van der Waals surface area contributed by atoms with E-state index in [-0.39, 0.29) is 0 Å². The first-order chi connectivity index (χ1) is 26.2. The number of benzene rings is 6. The van der Waals surface area contributed by atoms with Gasteiger partial charge in [0.1, 0.15) is 0 Å². The lowest BCUT2D eigenvalue weighted by Crippen LogP contribution is -1.98. The van der Waals surface area contributed by atoms with E-state index in [2.05, 4.69) is 171 Å². The summed E-state index contributed by atoms with van der Waals surface area (Å²) in [5, 5.41) is 5.75. The molecule has 1 aliphatic carbocycles. The Bertz CT molecular complexity index is 2910. The first-order valence-electron chi connectivity index (χ1n) is 18.3. The Balaban J connectivity index is 1.15. The van der Waals surface area contributed by atoms with Crippen LogP contribution >= 0.6 is 0 Å². The van der Waals surface area contributed by atoms with Gasteiger partial charge in [-0.3, -0.25) is 0 Å². The second kappa shape index (κ2) is 12.8. The summed E-state index contributed by atoms with van der Waals surface area (Å²) in [7, 11) is 0. The third-order valence-corrected chi connectivity index (χ3v) is 10.5. The number of rotatable bonds is 5. The molecule has 250 valence electrons. The SMILES string of the molecule is CC1C=C(c2ccc3c(-c4ccc(-c5cc(-c6ccccc6)nc6ccc7ccccc7c56)cc4)cc4ccc(-c5ccccc5)nc4c3n2)C=CC1.